The number of nitro groups is 1. The highest BCUT2D eigenvalue weighted by Gasteiger charge is 2.20. The highest BCUT2D eigenvalue weighted by atomic mass is 16.6. The molecule has 1 aromatic carbocycles. The second-order valence-electron chi connectivity index (χ2n) is 3.57. The number of phenols is 1. The molecular weight excluding hydrogens is 210 g/mol. The summed E-state index contributed by atoms with van der Waals surface area (Å²) in [6.07, 6.45) is 1.46. The average Bonchev–Trinajstić information content (AvgIpc) is 2.19. The Hall–Kier alpha value is -1.91. The lowest BCUT2D eigenvalue weighted by Crippen LogP contribution is -1.99. The van der Waals surface area contributed by atoms with Gasteiger partial charge in [-0.3, -0.25) is 14.9 Å². The van der Waals surface area contributed by atoms with Crippen LogP contribution >= 0.6 is 0 Å². The molecule has 1 N–H and O–H groups in total. The van der Waals surface area contributed by atoms with Crippen LogP contribution < -0.4 is 0 Å². The fourth-order valence-electron chi connectivity index (χ4n) is 1.52. The van der Waals surface area contributed by atoms with E-state index in [2.05, 4.69) is 0 Å². The number of Topliss-reactive ketones (excluding diaryl/α,β-unsaturated/α-hetero) is 1. The van der Waals surface area contributed by atoms with E-state index >= 15 is 0 Å². The lowest BCUT2D eigenvalue weighted by molar-refractivity contribution is -0.385. The van der Waals surface area contributed by atoms with Crippen LogP contribution in [0.3, 0.4) is 0 Å². The third kappa shape index (κ3) is 2.36. The van der Waals surface area contributed by atoms with Crippen LogP contribution in [-0.2, 0) is 6.42 Å². The zero-order valence-electron chi connectivity index (χ0n) is 9.19. The third-order valence-corrected chi connectivity index (χ3v) is 2.26. The summed E-state index contributed by atoms with van der Waals surface area (Å²) in [4.78, 5) is 21.2. The molecule has 0 aromatic heterocycles. The number of carbonyl (C=O) groups is 1. The molecule has 5 nitrogen and oxygen atoms in total. The molecule has 0 unspecified atom stereocenters. The zero-order chi connectivity index (χ0) is 12.3. The molecule has 0 bridgehead atoms. The molecule has 0 spiro atoms. The van der Waals surface area contributed by atoms with Gasteiger partial charge in [0.2, 0.25) is 5.75 Å². The van der Waals surface area contributed by atoms with Gasteiger partial charge in [0, 0.05) is 6.07 Å². The Labute approximate surface area is 92.9 Å². The maximum atomic E-state index is 11.2. The van der Waals surface area contributed by atoms with Crippen LogP contribution in [0.4, 0.5) is 5.69 Å². The van der Waals surface area contributed by atoms with Crippen molar-refractivity contribution in [1.29, 1.82) is 0 Å². The molecule has 5 heteroatoms. The fourth-order valence-corrected chi connectivity index (χ4v) is 1.52. The van der Waals surface area contributed by atoms with E-state index < -0.39 is 16.4 Å². The van der Waals surface area contributed by atoms with Crippen LogP contribution in [0.5, 0.6) is 5.75 Å². The van der Waals surface area contributed by atoms with Crippen molar-refractivity contribution >= 4 is 11.5 Å². The summed E-state index contributed by atoms with van der Waals surface area (Å²) in [6.45, 7) is 3.21. The molecule has 0 amide bonds. The van der Waals surface area contributed by atoms with Gasteiger partial charge in [0.05, 0.1) is 10.5 Å². The van der Waals surface area contributed by atoms with E-state index in [1.54, 1.807) is 0 Å². The molecule has 0 radical (unpaired) electrons. The van der Waals surface area contributed by atoms with Gasteiger partial charge in [-0.25, -0.2) is 0 Å². The van der Waals surface area contributed by atoms with E-state index in [1.807, 2.05) is 6.92 Å². The predicted molar refractivity (Wildman–Crippen MR) is 58.8 cm³/mol. The standard InChI is InChI=1S/C11H13NO4/c1-3-4-8-5-9(7(2)13)11(14)10(6-8)12(15)16/h5-6,14H,3-4H2,1-2H3. The number of ketones is 1. The van der Waals surface area contributed by atoms with E-state index in [-0.39, 0.29) is 11.3 Å². The second-order valence-corrected chi connectivity index (χ2v) is 3.57. The number of hydrogen-bond acceptors (Lipinski definition) is 4. The van der Waals surface area contributed by atoms with Crippen molar-refractivity contribution < 1.29 is 14.8 Å². The summed E-state index contributed by atoms with van der Waals surface area (Å²) in [6, 6.07) is 2.82. The minimum Gasteiger partial charge on any atom is -0.502 e. The maximum absolute atomic E-state index is 11.2. The average molecular weight is 223 g/mol. The van der Waals surface area contributed by atoms with E-state index in [1.165, 1.54) is 19.1 Å². The molecule has 16 heavy (non-hydrogen) atoms. The molecule has 0 saturated carbocycles. The summed E-state index contributed by atoms with van der Waals surface area (Å²) >= 11 is 0. The second kappa shape index (κ2) is 4.74. The number of aromatic hydroxyl groups is 1. The first-order chi connectivity index (χ1) is 7.47. The van der Waals surface area contributed by atoms with Crippen molar-refractivity contribution in [3.63, 3.8) is 0 Å². The Bertz CT molecular complexity index is 405. The number of aryl methyl sites for hydroxylation is 1. The number of nitrogens with zero attached hydrogens (tertiary/aromatic N) is 1. The predicted octanol–water partition coefficient (Wildman–Crippen LogP) is 2.46. The molecule has 1 rings (SSSR count). The number of phenolic OH excluding ortho intramolecular Hbond substituents is 1. The zero-order valence-corrected chi connectivity index (χ0v) is 9.19. The third-order valence-electron chi connectivity index (χ3n) is 2.26. The van der Waals surface area contributed by atoms with Gasteiger partial charge in [-0.05, 0) is 25.0 Å². The van der Waals surface area contributed by atoms with Gasteiger partial charge in [-0.1, -0.05) is 13.3 Å². The summed E-state index contributed by atoms with van der Waals surface area (Å²) in [5.74, 6) is -0.920. The van der Waals surface area contributed by atoms with Crippen molar-refractivity contribution in [2.24, 2.45) is 0 Å². The lowest BCUT2D eigenvalue weighted by atomic mass is 10.0. The van der Waals surface area contributed by atoms with Crippen molar-refractivity contribution in [2.45, 2.75) is 26.7 Å². The van der Waals surface area contributed by atoms with Crippen LogP contribution in [0.15, 0.2) is 12.1 Å². The molecule has 0 aliphatic heterocycles. The van der Waals surface area contributed by atoms with Gasteiger partial charge in [0.1, 0.15) is 0 Å². The minimum atomic E-state index is -0.680. The summed E-state index contributed by atoms with van der Waals surface area (Å²) < 4.78 is 0. The van der Waals surface area contributed by atoms with Crippen LogP contribution in [0.1, 0.15) is 36.2 Å². The van der Waals surface area contributed by atoms with E-state index in [0.29, 0.717) is 12.0 Å². The van der Waals surface area contributed by atoms with Crippen LogP contribution in [0.25, 0.3) is 0 Å². The Morgan fingerprint density at radius 2 is 2.12 bits per heavy atom. The SMILES string of the molecule is CCCc1cc(C(C)=O)c(O)c([N+](=O)[O-])c1. The minimum absolute atomic E-state index is 0.0117. The molecule has 0 heterocycles. The number of benzene rings is 1. The van der Waals surface area contributed by atoms with Crippen LogP contribution in [-0.4, -0.2) is 15.8 Å². The van der Waals surface area contributed by atoms with E-state index in [4.69, 9.17) is 0 Å². The number of hydrogen-bond donors (Lipinski definition) is 1. The van der Waals surface area contributed by atoms with Gasteiger partial charge in [-0.2, -0.15) is 0 Å². The Morgan fingerprint density at radius 1 is 1.50 bits per heavy atom. The van der Waals surface area contributed by atoms with Crippen molar-refractivity contribution in [3.05, 3.63) is 33.4 Å². The lowest BCUT2D eigenvalue weighted by Gasteiger charge is -2.05. The first-order valence-corrected chi connectivity index (χ1v) is 4.98. The van der Waals surface area contributed by atoms with Gasteiger partial charge < -0.3 is 5.11 Å². The summed E-state index contributed by atoms with van der Waals surface area (Å²) in [5, 5.41) is 20.2. The molecular formula is C11H13NO4. The van der Waals surface area contributed by atoms with Crippen LogP contribution in [0, 0.1) is 10.1 Å². The smallest absolute Gasteiger partial charge is 0.311 e. The molecule has 0 aliphatic rings. The normalized spacial score (nSPS) is 10.1. The quantitative estimate of drug-likeness (QED) is 0.483. The van der Waals surface area contributed by atoms with E-state index in [9.17, 15) is 20.0 Å². The number of nitro benzene ring substituents is 1. The Kier molecular flexibility index (Phi) is 3.60. The van der Waals surface area contributed by atoms with E-state index in [0.717, 1.165) is 6.42 Å². The highest BCUT2D eigenvalue weighted by Crippen LogP contribution is 2.31. The topological polar surface area (TPSA) is 80.4 Å². The fraction of sp³-hybridized carbons (Fsp3) is 0.364. The molecule has 0 atom stereocenters. The Balaban J connectivity index is 3.38. The van der Waals surface area contributed by atoms with Crippen LogP contribution in [0.2, 0.25) is 0 Å². The van der Waals surface area contributed by atoms with Gasteiger partial charge in [0.15, 0.2) is 5.78 Å². The molecule has 86 valence electrons. The molecule has 0 saturated heterocycles. The van der Waals surface area contributed by atoms with Crippen molar-refractivity contribution in [2.75, 3.05) is 0 Å². The number of rotatable bonds is 4. The Morgan fingerprint density at radius 3 is 2.56 bits per heavy atom. The van der Waals surface area contributed by atoms with Gasteiger partial charge in [-0.15, -0.1) is 0 Å². The largest absolute Gasteiger partial charge is 0.502 e. The monoisotopic (exact) mass is 223 g/mol. The first-order valence-electron chi connectivity index (χ1n) is 4.98. The van der Waals surface area contributed by atoms with Crippen molar-refractivity contribution in [3.8, 4) is 5.75 Å². The summed E-state index contributed by atoms with van der Waals surface area (Å²) in [7, 11) is 0. The first kappa shape index (κ1) is 12.2. The van der Waals surface area contributed by atoms with Gasteiger partial charge in [0.25, 0.3) is 0 Å². The maximum Gasteiger partial charge on any atom is 0.311 e. The molecule has 0 aliphatic carbocycles. The summed E-state index contributed by atoms with van der Waals surface area (Å²) in [5.41, 5.74) is 0.297. The highest BCUT2D eigenvalue weighted by molar-refractivity contribution is 5.98. The number of carbonyl (C=O) groups excluding carboxylic acids is 1. The van der Waals surface area contributed by atoms with Crippen molar-refractivity contribution in [1.82, 2.24) is 0 Å². The molecule has 1 aromatic rings. The molecule has 0 fully saturated rings. The van der Waals surface area contributed by atoms with Gasteiger partial charge >= 0.3 is 5.69 Å².